The standard InChI is InChI=1S/C25H30N2O5/c1-25(2,3)18-4-7-20(8-5-18)30-15-23(28)27-12-10-17(11-13-27)24(29)26-19-6-9-21-22(14-19)32-16-31-21/h4-9,14,17H,10-13,15-16H2,1-3H3,(H,26,29). The van der Waals surface area contributed by atoms with Gasteiger partial charge in [-0.3, -0.25) is 9.59 Å². The van der Waals surface area contributed by atoms with Crippen LogP contribution in [0.4, 0.5) is 5.69 Å². The van der Waals surface area contributed by atoms with Crippen molar-refractivity contribution >= 4 is 17.5 Å². The predicted molar refractivity (Wildman–Crippen MR) is 121 cm³/mol. The lowest BCUT2D eigenvalue weighted by molar-refractivity contribution is -0.136. The summed E-state index contributed by atoms with van der Waals surface area (Å²) in [4.78, 5) is 27.0. The molecule has 1 fully saturated rings. The van der Waals surface area contributed by atoms with E-state index in [9.17, 15) is 9.59 Å². The molecule has 2 amide bonds. The van der Waals surface area contributed by atoms with Crippen LogP contribution < -0.4 is 19.5 Å². The number of ether oxygens (including phenoxy) is 3. The normalized spacial score (nSPS) is 16.0. The van der Waals surface area contributed by atoms with Crippen molar-refractivity contribution in [2.45, 2.75) is 39.0 Å². The second kappa shape index (κ2) is 9.10. The van der Waals surface area contributed by atoms with Crippen molar-refractivity contribution < 1.29 is 23.8 Å². The SMILES string of the molecule is CC(C)(C)c1ccc(OCC(=O)N2CCC(C(=O)Nc3ccc4c(c3)OCO4)CC2)cc1. The van der Waals surface area contributed by atoms with E-state index in [4.69, 9.17) is 14.2 Å². The molecule has 0 radical (unpaired) electrons. The first-order valence-electron chi connectivity index (χ1n) is 11.0. The lowest BCUT2D eigenvalue weighted by Crippen LogP contribution is -2.43. The van der Waals surface area contributed by atoms with Crippen LogP contribution in [-0.4, -0.2) is 43.2 Å². The summed E-state index contributed by atoms with van der Waals surface area (Å²) >= 11 is 0. The van der Waals surface area contributed by atoms with Gasteiger partial charge in [0.1, 0.15) is 5.75 Å². The maximum Gasteiger partial charge on any atom is 0.260 e. The Balaban J connectivity index is 1.22. The molecular weight excluding hydrogens is 408 g/mol. The molecule has 0 saturated carbocycles. The fraction of sp³-hybridized carbons (Fsp3) is 0.440. The van der Waals surface area contributed by atoms with Crippen molar-refractivity contribution in [3.63, 3.8) is 0 Å². The van der Waals surface area contributed by atoms with E-state index in [0.29, 0.717) is 48.9 Å². The fourth-order valence-corrected chi connectivity index (χ4v) is 3.90. The number of fused-ring (bicyclic) bond motifs is 1. The molecule has 7 nitrogen and oxygen atoms in total. The third-order valence-electron chi connectivity index (χ3n) is 5.94. The van der Waals surface area contributed by atoms with Gasteiger partial charge in [-0.25, -0.2) is 0 Å². The molecule has 2 aromatic rings. The van der Waals surface area contributed by atoms with Gasteiger partial charge < -0.3 is 24.4 Å². The minimum Gasteiger partial charge on any atom is -0.484 e. The maximum atomic E-state index is 12.6. The molecule has 0 bridgehead atoms. The number of likely N-dealkylation sites (tertiary alicyclic amines) is 1. The second-order valence-electron chi connectivity index (χ2n) is 9.28. The van der Waals surface area contributed by atoms with Crippen LogP contribution >= 0.6 is 0 Å². The molecule has 2 heterocycles. The highest BCUT2D eigenvalue weighted by molar-refractivity contribution is 5.93. The Morgan fingerprint density at radius 1 is 1.03 bits per heavy atom. The quantitative estimate of drug-likeness (QED) is 0.764. The zero-order valence-electron chi connectivity index (χ0n) is 18.8. The van der Waals surface area contributed by atoms with E-state index in [2.05, 4.69) is 26.1 Å². The molecular formula is C25H30N2O5. The lowest BCUT2D eigenvalue weighted by atomic mass is 9.87. The van der Waals surface area contributed by atoms with Gasteiger partial charge >= 0.3 is 0 Å². The van der Waals surface area contributed by atoms with Crippen molar-refractivity contribution in [2.24, 2.45) is 5.92 Å². The first-order valence-corrected chi connectivity index (χ1v) is 11.0. The smallest absolute Gasteiger partial charge is 0.260 e. The molecule has 0 spiro atoms. The number of nitrogens with zero attached hydrogens (tertiary/aromatic N) is 1. The van der Waals surface area contributed by atoms with Gasteiger partial charge in [0.05, 0.1) is 0 Å². The maximum absolute atomic E-state index is 12.6. The first kappa shape index (κ1) is 22.0. The first-order chi connectivity index (χ1) is 15.3. The van der Waals surface area contributed by atoms with Crippen LogP contribution in [0.25, 0.3) is 0 Å². The summed E-state index contributed by atoms with van der Waals surface area (Å²) in [6.45, 7) is 7.77. The summed E-state index contributed by atoms with van der Waals surface area (Å²) in [5, 5.41) is 2.94. The van der Waals surface area contributed by atoms with Gasteiger partial charge in [-0.05, 0) is 48.1 Å². The monoisotopic (exact) mass is 438 g/mol. The summed E-state index contributed by atoms with van der Waals surface area (Å²) in [6, 6.07) is 13.2. The number of carbonyl (C=O) groups is 2. The third kappa shape index (κ3) is 5.15. The number of benzene rings is 2. The van der Waals surface area contributed by atoms with E-state index in [0.717, 1.165) is 0 Å². The average molecular weight is 439 g/mol. The predicted octanol–water partition coefficient (Wildman–Crippen LogP) is 3.97. The van der Waals surface area contributed by atoms with Crippen LogP contribution in [0.15, 0.2) is 42.5 Å². The summed E-state index contributed by atoms with van der Waals surface area (Å²) in [6.07, 6.45) is 1.25. The van der Waals surface area contributed by atoms with Crippen LogP contribution in [0.3, 0.4) is 0 Å². The Bertz CT molecular complexity index is 973. The van der Waals surface area contributed by atoms with E-state index in [1.54, 1.807) is 23.1 Å². The Kier molecular flexibility index (Phi) is 6.26. The topological polar surface area (TPSA) is 77.1 Å². The van der Waals surface area contributed by atoms with E-state index in [1.807, 2.05) is 24.3 Å². The van der Waals surface area contributed by atoms with Crippen LogP contribution in [0.2, 0.25) is 0 Å². The van der Waals surface area contributed by atoms with Gasteiger partial charge in [-0.2, -0.15) is 0 Å². The highest BCUT2D eigenvalue weighted by atomic mass is 16.7. The largest absolute Gasteiger partial charge is 0.484 e. The Hall–Kier alpha value is -3.22. The molecule has 0 unspecified atom stereocenters. The van der Waals surface area contributed by atoms with Gasteiger partial charge in [0.15, 0.2) is 18.1 Å². The molecule has 32 heavy (non-hydrogen) atoms. The van der Waals surface area contributed by atoms with Gasteiger partial charge in [-0.15, -0.1) is 0 Å². The zero-order valence-corrected chi connectivity index (χ0v) is 18.8. The summed E-state index contributed by atoms with van der Waals surface area (Å²) in [5.41, 5.74) is 1.98. The number of hydrogen-bond donors (Lipinski definition) is 1. The number of nitrogens with one attached hydrogen (secondary N) is 1. The molecule has 2 aromatic carbocycles. The highest BCUT2D eigenvalue weighted by Crippen LogP contribution is 2.34. The molecule has 0 aromatic heterocycles. The molecule has 0 aliphatic carbocycles. The van der Waals surface area contributed by atoms with Crippen LogP contribution in [0.5, 0.6) is 17.2 Å². The van der Waals surface area contributed by atoms with E-state index in [1.165, 1.54) is 5.56 Å². The lowest BCUT2D eigenvalue weighted by Gasteiger charge is -2.31. The van der Waals surface area contributed by atoms with Gasteiger partial charge in [0.25, 0.3) is 5.91 Å². The third-order valence-corrected chi connectivity index (χ3v) is 5.94. The van der Waals surface area contributed by atoms with Crippen LogP contribution in [-0.2, 0) is 15.0 Å². The van der Waals surface area contributed by atoms with E-state index >= 15 is 0 Å². The highest BCUT2D eigenvalue weighted by Gasteiger charge is 2.28. The number of amides is 2. The van der Waals surface area contributed by atoms with Crippen molar-refractivity contribution in [3.05, 3.63) is 48.0 Å². The van der Waals surface area contributed by atoms with Crippen molar-refractivity contribution in [3.8, 4) is 17.2 Å². The summed E-state index contributed by atoms with van der Waals surface area (Å²) < 4.78 is 16.3. The zero-order chi connectivity index (χ0) is 22.7. The van der Waals surface area contributed by atoms with Crippen molar-refractivity contribution in [1.82, 2.24) is 4.90 Å². The van der Waals surface area contributed by atoms with Crippen molar-refractivity contribution in [1.29, 1.82) is 0 Å². The van der Waals surface area contributed by atoms with Gasteiger partial charge in [0, 0.05) is 30.8 Å². The number of rotatable bonds is 5. The molecule has 2 aliphatic heterocycles. The van der Waals surface area contributed by atoms with Crippen molar-refractivity contribution in [2.75, 3.05) is 31.8 Å². The van der Waals surface area contributed by atoms with Crippen LogP contribution in [0, 0.1) is 5.92 Å². The fourth-order valence-electron chi connectivity index (χ4n) is 3.90. The number of hydrogen-bond acceptors (Lipinski definition) is 5. The van der Waals surface area contributed by atoms with E-state index < -0.39 is 0 Å². The Morgan fingerprint density at radius 3 is 2.41 bits per heavy atom. The van der Waals surface area contributed by atoms with Crippen LogP contribution in [0.1, 0.15) is 39.2 Å². The second-order valence-corrected chi connectivity index (χ2v) is 9.28. The van der Waals surface area contributed by atoms with Gasteiger partial charge in [0.2, 0.25) is 12.7 Å². The molecule has 170 valence electrons. The Morgan fingerprint density at radius 2 is 1.72 bits per heavy atom. The molecule has 7 heteroatoms. The Labute approximate surface area is 188 Å². The average Bonchev–Trinajstić information content (AvgIpc) is 3.25. The minimum atomic E-state index is -0.129. The molecule has 0 atom stereocenters. The number of anilines is 1. The summed E-state index contributed by atoms with van der Waals surface area (Å²) in [7, 11) is 0. The molecule has 4 rings (SSSR count). The summed E-state index contributed by atoms with van der Waals surface area (Å²) in [5.74, 6) is 1.78. The molecule has 2 aliphatic rings. The molecule has 1 saturated heterocycles. The molecule has 1 N–H and O–H groups in total. The number of piperidine rings is 1. The van der Waals surface area contributed by atoms with E-state index in [-0.39, 0.29) is 36.5 Å². The van der Waals surface area contributed by atoms with Gasteiger partial charge in [-0.1, -0.05) is 32.9 Å². The minimum absolute atomic E-state index is 0.00290. The number of carbonyl (C=O) groups excluding carboxylic acids is 2.